The molecule has 0 spiro atoms. The molecule has 2 aromatic rings. The van der Waals surface area contributed by atoms with Crippen LogP contribution >= 0.6 is 0 Å². The summed E-state index contributed by atoms with van der Waals surface area (Å²) in [4.78, 5) is 26.7. The zero-order chi connectivity index (χ0) is 14.5. The number of nitrogens with zero attached hydrogens (tertiary/aromatic N) is 4. The Balaban J connectivity index is 1.54. The van der Waals surface area contributed by atoms with Gasteiger partial charge in [-0.25, -0.2) is 0 Å². The highest BCUT2D eigenvalue weighted by Gasteiger charge is 2.24. The summed E-state index contributed by atoms with van der Waals surface area (Å²) in [7, 11) is 0. The zero-order valence-corrected chi connectivity index (χ0v) is 11.9. The van der Waals surface area contributed by atoms with Crippen LogP contribution < -0.4 is 0 Å². The van der Waals surface area contributed by atoms with E-state index in [0.717, 1.165) is 38.0 Å². The molecule has 0 bridgehead atoms. The Morgan fingerprint density at radius 2 is 1.95 bits per heavy atom. The molecule has 0 aliphatic carbocycles. The van der Waals surface area contributed by atoms with Crippen LogP contribution in [0.2, 0.25) is 0 Å². The molecule has 1 amide bonds. The van der Waals surface area contributed by atoms with Crippen molar-refractivity contribution in [2.45, 2.75) is 19.3 Å². The van der Waals surface area contributed by atoms with E-state index < -0.39 is 0 Å². The number of carbonyl (C=O) groups excluding carboxylic acids is 1. The van der Waals surface area contributed by atoms with E-state index in [1.807, 2.05) is 17.2 Å². The van der Waals surface area contributed by atoms with E-state index in [-0.39, 0.29) is 5.91 Å². The predicted molar refractivity (Wildman–Crippen MR) is 78.6 cm³/mol. The second-order valence-corrected chi connectivity index (χ2v) is 5.38. The number of likely N-dealkylation sites (tertiary alicyclic amines) is 1. The van der Waals surface area contributed by atoms with Crippen molar-refractivity contribution in [3.63, 3.8) is 0 Å². The zero-order valence-electron chi connectivity index (χ0n) is 11.9. The maximum atomic E-state index is 12.3. The minimum Gasteiger partial charge on any atom is -0.339 e. The van der Waals surface area contributed by atoms with Crippen molar-refractivity contribution in [1.29, 1.82) is 0 Å². The lowest BCUT2D eigenvalue weighted by Crippen LogP contribution is -2.39. The summed E-state index contributed by atoms with van der Waals surface area (Å²) in [5.74, 6) is 0.667. The third kappa shape index (κ3) is 3.42. The normalized spacial score (nSPS) is 15.9. The number of hydrogen-bond donors (Lipinski definition) is 0. The Morgan fingerprint density at radius 3 is 2.62 bits per heavy atom. The average Bonchev–Trinajstić information content (AvgIpc) is 2.57. The van der Waals surface area contributed by atoms with Crippen molar-refractivity contribution in [3.05, 3.63) is 54.4 Å². The number of piperidine rings is 1. The molecule has 1 saturated heterocycles. The van der Waals surface area contributed by atoms with Gasteiger partial charge in [-0.2, -0.15) is 0 Å². The first-order valence-electron chi connectivity index (χ1n) is 7.27. The summed E-state index contributed by atoms with van der Waals surface area (Å²) in [5, 5.41) is 0. The van der Waals surface area contributed by atoms with Crippen molar-refractivity contribution in [2.24, 2.45) is 5.92 Å². The number of pyridine rings is 1. The lowest BCUT2D eigenvalue weighted by atomic mass is 9.92. The fourth-order valence-corrected chi connectivity index (χ4v) is 2.74. The molecular formula is C16H18N4O. The summed E-state index contributed by atoms with van der Waals surface area (Å²) in [6.45, 7) is 1.61. The van der Waals surface area contributed by atoms with E-state index in [0.29, 0.717) is 11.5 Å². The largest absolute Gasteiger partial charge is 0.339 e. The number of carbonyl (C=O) groups is 1. The topological polar surface area (TPSA) is 59.0 Å². The predicted octanol–water partition coefficient (Wildman–Crippen LogP) is 1.97. The van der Waals surface area contributed by atoms with Crippen LogP contribution in [0.5, 0.6) is 0 Å². The SMILES string of the molecule is O=C(c1cccnc1)N1CCC(Cc2cnccn2)CC1. The van der Waals surface area contributed by atoms with Gasteiger partial charge in [0.1, 0.15) is 0 Å². The van der Waals surface area contributed by atoms with Crippen LogP contribution in [-0.4, -0.2) is 38.8 Å². The number of amides is 1. The quantitative estimate of drug-likeness (QED) is 0.863. The van der Waals surface area contributed by atoms with Crippen molar-refractivity contribution in [2.75, 3.05) is 13.1 Å². The van der Waals surface area contributed by atoms with Gasteiger partial charge in [0.05, 0.1) is 11.3 Å². The number of rotatable bonds is 3. The summed E-state index contributed by atoms with van der Waals surface area (Å²) >= 11 is 0. The number of aromatic nitrogens is 3. The van der Waals surface area contributed by atoms with Gasteiger partial charge < -0.3 is 4.90 Å². The van der Waals surface area contributed by atoms with E-state index >= 15 is 0 Å². The lowest BCUT2D eigenvalue weighted by molar-refractivity contribution is 0.0690. The highest BCUT2D eigenvalue weighted by atomic mass is 16.2. The van der Waals surface area contributed by atoms with Gasteiger partial charge in [0.2, 0.25) is 0 Å². The molecule has 0 radical (unpaired) electrons. The molecule has 1 aliphatic heterocycles. The van der Waals surface area contributed by atoms with E-state index in [1.54, 1.807) is 30.9 Å². The average molecular weight is 282 g/mol. The van der Waals surface area contributed by atoms with E-state index in [9.17, 15) is 4.79 Å². The maximum Gasteiger partial charge on any atom is 0.255 e. The van der Waals surface area contributed by atoms with Gasteiger partial charge in [0.15, 0.2) is 0 Å². The standard InChI is InChI=1S/C16H18N4O/c21-16(14-2-1-5-17-11-14)20-8-3-13(4-9-20)10-15-12-18-6-7-19-15/h1-2,5-7,11-13H,3-4,8-10H2. The highest BCUT2D eigenvalue weighted by Crippen LogP contribution is 2.21. The molecule has 0 N–H and O–H groups in total. The Bertz CT molecular complexity index is 580. The van der Waals surface area contributed by atoms with Crippen LogP contribution in [0.3, 0.4) is 0 Å². The summed E-state index contributed by atoms with van der Waals surface area (Å²) < 4.78 is 0. The summed E-state index contributed by atoms with van der Waals surface area (Å²) in [6, 6.07) is 3.62. The third-order valence-corrected chi connectivity index (χ3v) is 3.92. The van der Waals surface area contributed by atoms with Crippen molar-refractivity contribution < 1.29 is 4.79 Å². The Labute approximate surface area is 124 Å². The molecule has 0 aromatic carbocycles. The Morgan fingerprint density at radius 1 is 1.14 bits per heavy atom. The van der Waals surface area contributed by atoms with Gasteiger partial charge in [-0.3, -0.25) is 19.7 Å². The molecule has 3 heterocycles. The fraction of sp³-hybridized carbons (Fsp3) is 0.375. The molecule has 108 valence electrons. The minimum absolute atomic E-state index is 0.0843. The molecule has 2 aromatic heterocycles. The van der Waals surface area contributed by atoms with Crippen LogP contribution in [0.15, 0.2) is 43.1 Å². The van der Waals surface area contributed by atoms with Crippen molar-refractivity contribution in [3.8, 4) is 0 Å². The van der Waals surface area contributed by atoms with Gasteiger partial charge in [0.25, 0.3) is 5.91 Å². The first kappa shape index (κ1) is 13.7. The summed E-state index contributed by atoms with van der Waals surface area (Å²) in [6.07, 6.45) is 11.5. The van der Waals surface area contributed by atoms with E-state index in [2.05, 4.69) is 15.0 Å². The molecule has 1 fully saturated rings. The second kappa shape index (κ2) is 6.43. The van der Waals surface area contributed by atoms with Gasteiger partial charge >= 0.3 is 0 Å². The molecule has 0 atom stereocenters. The first-order chi connectivity index (χ1) is 10.3. The molecule has 3 rings (SSSR count). The molecule has 5 nitrogen and oxygen atoms in total. The first-order valence-corrected chi connectivity index (χ1v) is 7.27. The molecule has 5 heteroatoms. The molecule has 21 heavy (non-hydrogen) atoms. The van der Waals surface area contributed by atoms with Gasteiger partial charge in [-0.15, -0.1) is 0 Å². The van der Waals surface area contributed by atoms with E-state index in [1.165, 1.54) is 0 Å². The van der Waals surface area contributed by atoms with Crippen LogP contribution in [0, 0.1) is 5.92 Å². The Kier molecular flexibility index (Phi) is 4.19. The van der Waals surface area contributed by atoms with Crippen LogP contribution in [-0.2, 0) is 6.42 Å². The Hall–Kier alpha value is -2.30. The van der Waals surface area contributed by atoms with E-state index in [4.69, 9.17) is 0 Å². The molecule has 1 aliphatic rings. The fourth-order valence-electron chi connectivity index (χ4n) is 2.74. The van der Waals surface area contributed by atoms with Crippen LogP contribution in [0.25, 0.3) is 0 Å². The molecule has 0 unspecified atom stereocenters. The number of hydrogen-bond acceptors (Lipinski definition) is 4. The van der Waals surface area contributed by atoms with Gasteiger partial charge in [0, 0.05) is 44.1 Å². The second-order valence-electron chi connectivity index (χ2n) is 5.38. The lowest BCUT2D eigenvalue weighted by Gasteiger charge is -2.31. The van der Waals surface area contributed by atoms with Crippen LogP contribution in [0.1, 0.15) is 28.9 Å². The monoisotopic (exact) mass is 282 g/mol. The van der Waals surface area contributed by atoms with Gasteiger partial charge in [-0.05, 0) is 37.3 Å². The smallest absolute Gasteiger partial charge is 0.255 e. The van der Waals surface area contributed by atoms with Gasteiger partial charge in [-0.1, -0.05) is 0 Å². The third-order valence-electron chi connectivity index (χ3n) is 3.92. The maximum absolute atomic E-state index is 12.3. The summed E-state index contributed by atoms with van der Waals surface area (Å²) in [5.41, 5.74) is 1.71. The molecule has 0 saturated carbocycles. The minimum atomic E-state index is 0.0843. The van der Waals surface area contributed by atoms with Crippen molar-refractivity contribution in [1.82, 2.24) is 19.9 Å². The highest BCUT2D eigenvalue weighted by molar-refractivity contribution is 5.93. The van der Waals surface area contributed by atoms with Crippen molar-refractivity contribution >= 4 is 5.91 Å². The molecular weight excluding hydrogens is 264 g/mol. The van der Waals surface area contributed by atoms with Crippen LogP contribution in [0.4, 0.5) is 0 Å².